The third-order valence-electron chi connectivity index (χ3n) is 3.11. The van der Waals surface area contributed by atoms with Crippen molar-refractivity contribution in [2.24, 2.45) is 0 Å². The molecule has 0 aliphatic carbocycles. The van der Waals surface area contributed by atoms with Gasteiger partial charge in [0, 0.05) is 21.6 Å². The summed E-state index contributed by atoms with van der Waals surface area (Å²) in [5.74, 6) is 1.90. The highest BCUT2D eigenvalue weighted by molar-refractivity contribution is 9.10. The summed E-state index contributed by atoms with van der Waals surface area (Å²) in [6.07, 6.45) is 1.01. The van der Waals surface area contributed by atoms with Crippen molar-refractivity contribution >= 4 is 62.3 Å². The van der Waals surface area contributed by atoms with E-state index in [9.17, 15) is 0 Å². The van der Waals surface area contributed by atoms with Crippen LogP contribution in [0.15, 0.2) is 51.8 Å². The van der Waals surface area contributed by atoms with Crippen LogP contribution in [0.25, 0.3) is 0 Å². The van der Waals surface area contributed by atoms with Gasteiger partial charge in [0.15, 0.2) is 5.11 Å². The first-order chi connectivity index (χ1) is 11.6. The number of hydrogen-bond acceptors (Lipinski definition) is 3. The summed E-state index contributed by atoms with van der Waals surface area (Å²) in [6, 6.07) is 13.7. The molecular formula is C17H18BrClN2OS2. The van der Waals surface area contributed by atoms with Crippen molar-refractivity contribution in [3.05, 3.63) is 52.0 Å². The molecule has 0 spiro atoms. The predicted molar refractivity (Wildman–Crippen MR) is 112 cm³/mol. The molecule has 0 atom stereocenters. The average Bonchev–Trinajstić information content (AvgIpc) is 2.58. The van der Waals surface area contributed by atoms with Gasteiger partial charge in [-0.1, -0.05) is 11.6 Å². The fourth-order valence-corrected chi connectivity index (χ4v) is 3.39. The van der Waals surface area contributed by atoms with E-state index in [-0.39, 0.29) is 0 Å². The fraction of sp³-hybridized carbons (Fsp3) is 0.235. The summed E-state index contributed by atoms with van der Waals surface area (Å²) in [5, 5.41) is 7.58. The lowest BCUT2D eigenvalue weighted by atomic mass is 10.3. The lowest BCUT2D eigenvalue weighted by Gasteiger charge is -2.11. The van der Waals surface area contributed by atoms with Crippen molar-refractivity contribution < 1.29 is 4.74 Å². The molecule has 0 unspecified atom stereocenters. The van der Waals surface area contributed by atoms with Crippen LogP contribution in [0.4, 0.5) is 5.69 Å². The standard InChI is InChI=1S/C17H18BrClN2OS2/c1-22-13-4-6-14(7-5-13)24-10-2-9-20-17(23)21-12-3-8-15(18)16(19)11-12/h3-8,11H,2,9-10H2,1H3,(H2,20,21,23). The summed E-state index contributed by atoms with van der Waals surface area (Å²) in [7, 11) is 1.67. The number of hydrogen-bond donors (Lipinski definition) is 2. The zero-order chi connectivity index (χ0) is 17.4. The minimum atomic E-state index is 0.600. The molecule has 0 amide bonds. The number of ether oxygens (including phenoxy) is 1. The molecule has 128 valence electrons. The van der Waals surface area contributed by atoms with E-state index in [1.54, 1.807) is 7.11 Å². The molecular weight excluding hydrogens is 428 g/mol. The third kappa shape index (κ3) is 6.51. The smallest absolute Gasteiger partial charge is 0.170 e. The molecule has 2 N–H and O–H groups in total. The second kappa shape index (κ2) is 10.1. The number of methoxy groups -OCH3 is 1. The lowest BCUT2D eigenvalue weighted by molar-refractivity contribution is 0.414. The maximum absolute atomic E-state index is 6.06. The highest BCUT2D eigenvalue weighted by atomic mass is 79.9. The van der Waals surface area contributed by atoms with E-state index in [0.717, 1.165) is 34.6 Å². The SMILES string of the molecule is COc1ccc(SCCCNC(=S)Nc2ccc(Br)c(Cl)c2)cc1. The Balaban J connectivity index is 1.64. The van der Waals surface area contributed by atoms with Crippen molar-refractivity contribution in [2.75, 3.05) is 24.7 Å². The van der Waals surface area contributed by atoms with Crippen LogP contribution in [0.3, 0.4) is 0 Å². The number of thiocarbonyl (C=S) groups is 1. The number of anilines is 1. The van der Waals surface area contributed by atoms with Gasteiger partial charge in [-0.15, -0.1) is 11.8 Å². The zero-order valence-electron chi connectivity index (χ0n) is 13.1. The van der Waals surface area contributed by atoms with Gasteiger partial charge in [-0.25, -0.2) is 0 Å². The molecule has 2 rings (SSSR count). The van der Waals surface area contributed by atoms with Gasteiger partial charge in [0.1, 0.15) is 5.75 Å². The van der Waals surface area contributed by atoms with Gasteiger partial charge in [-0.2, -0.15) is 0 Å². The molecule has 7 heteroatoms. The van der Waals surface area contributed by atoms with Gasteiger partial charge in [0.2, 0.25) is 0 Å². The van der Waals surface area contributed by atoms with Crippen LogP contribution in [0.5, 0.6) is 5.75 Å². The minimum Gasteiger partial charge on any atom is -0.497 e. The molecule has 0 aliphatic rings. The summed E-state index contributed by atoms with van der Waals surface area (Å²) >= 11 is 16.5. The van der Waals surface area contributed by atoms with Crippen LogP contribution in [0.2, 0.25) is 5.02 Å². The van der Waals surface area contributed by atoms with Gasteiger partial charge in [0.25, 0.3) is 0 Å². The quantitative estimate of drug-likeness (QED) is 0.330. The molecule has 0 aromatic heterocycles. The van der Waals surface area contributed by atoms with Crippen LogP contribution in [0.1, 0.15) is 6.42 Å². The Morgan fingerprint density at radius 2 is 2.00 bits per heavy atom. The van der Waals surface area contributed by atoms with Crippen LogP contribution < -0.4 is 15.4 Å². The highest BCUT2D eigenvalue weighted by Crippen LogP contribution is 2.25. The molecule has 3 nitrogen and oxygen atoms in total. The molecule has 0 heterocycles. The molecule has 0 saturated heterocycles. The van der Waals surface area contributed by atoms with Crippen LogP contribution in [0, 0.1) is 0 Å². The summed E-state index contributed by atoms with van der Waals surface area (Å²) in [6.45, 7) is 0.819. The molecule has 2 aromatic carbocycles. The zero-order valence-corrected chi connectivity index (χ0v) is 17.1. The monoisotopic (exact) mass is 444 g/mol. The van der Waals surface area contributed by atoms with Crippen molar-refractivity contribution in [1.29, 1.82) is 0 Å². The van der Waals surface area contributed by atoms with E-state index in [0.29, 0.717) is 10.1 Å². The number of halogens is 2. The molecule has 0 aliphatic heterocycles. The minimum absolute atomic E-state index is 0.600. The van der Waals surface area contributed by atoms with Crippen LogP contribution in [-0.2, 0) is 0 Å². The van der Waals surface area contributed by atoms with Gasteiger partial charge >= 0.3 is 0 Å². The van der Waals surface area contributed by atoms with E-state index in [1.807, 2.05) is 42.1 Å². The van der Waals surface area contributed by atoms with Gasteiger partial charge < -0.3 is 15.4 Å². The Morgan fingerprint density at radius 3 is 2.67 bits per heavy atom. The first kappa shape index (κ1) is 19.4. The fourth-order valence-electron chi connectivity index (χ4n) is 1.89. The Morgan fingerprint density at radius 1 is 1.25 bits per heavy atom. The normalized spacial score (nSPS) is 10.3. The van der Waals surface area contributed by atoms with Crippen molar-refractivity contribution in [3.63, 3.8) is 0 Å². The Bertz CT molecular complexity index is 683. The number of rotatable bonds is 7. The van der Waals surface area contributed by atoms with Gasteiger partial charge in [-0.3, -0.25) is 0 Å². The first-order valence-electron chi connectivity index (χ1n) is 7.35. The summed E-state index contributed by atoms with van der Waals surface area (Å²) < 4.78 is 6.01. The summed E-state index contributed by atoms with van der Waals surface area (Å²) in [5.41, 5.74) is 0.869. The molecule has 0 saturated carbocycles. The molecule has 24 heavy (non-hydrogen) atoms. The van der Waals surface area contributed by atoms with E-state index < -0.39 is 0 Å². The van der Waals surface area contributed by atoms with Gasteiger partial charge in [0.05, 0.1) is 12.1 Å². The van der Waals surface area contributed by atoms with E-state index >= 15 is 0 Å². The third-order valence-corrected chi connectivity index (χ3v) is 5.69. The largest absolute Gasteiger partial charge is 0.497 e. The van der Waals surface area contributed by atoms with Gasteiger partial charge in [-0.05, 0) is 82.8 Å². The molecule has 0 radical (unpaired) electrons. The first-order valence-corrected chi connectivity index (χ1v) is 9.92. The number of benzene rings is 2. The maximum atomic E-state index is 6.06. The Kier molecular flexibility index (Phi) is 8.18. The second-order valence-corrected chi connectivity index (χ2v) is 7.73. The van der Waals surface area contributed by atoms with Crippen LogP contribution in [-0.4, -0.2) is 24.5 Å². The second-order valence-electron chi connectivity index (χ2n) is 4.89. The van der Waals surface area contributed by atoms with E-state index in [4.69, 9.17) is 28.6 Å². The van der Waals surface area contributed by atoms with E-state index in [1.165, 1.54) is 4.90 Å². The topological polar surface area (TPSA) is 33.3 Å². The van der Waals surface area contributed by atoms with Crippen molar-refractivity contribution in [1.82, 2.24) is 5.32 Å². The average molecular weight is 446 g/mol. The highest BCUT2D eigenvalue weighted by Gasteiger charge is 2.01. The number of thioether (sulfide) groups is 1. The Hall–Kier alpha value is -0.950. The number of nitrogens with one attached hydrogen (secondary N) is 2. The molecule has 0 fully saturated rings. The predicted octanol–water partition coefficient (Wildman–Crippen LogP) is 5.58. The Labute approximate surface area is 165 Å². The maximum Gasteiger partial charge on any atom is 0.170 e. The van der Waals surface area contributed by atoms with Crippen molar-refractivity contribution in [3.8, 4) is 5.75 Å². The molecule has 0 bridgehead atoms. The summed E-state index contributed by atoms with van der Waals surface area (Å²) in [4.78, 5) is 1.24. The van der Waals surface area contributed by atoms with Crippen LogP contribution >= 0.6 is 51.5 Å². The van der Waals surface area contributed by atoms with E-state index in [2.05, 4.69) is 38.7 Å². The lowest BCUT2D eigenvalue weighted by Crippen LogP contribution is -2.29. The van der Waals surface area contributed by atoms with Crippen molar-refractivity contribution in [2.45, 2.75) is 11.3 Å². The molecule has 2 aromatic rings.